The Bertz CT molecular complexity index is 431. The lowest BCUT2D eigenvalue weighted by atomic mass is 9.87. The Morgan fingerprint density at radius 1 is 0.938 bits per heavy atom. The van der Waals surface area contributed by atoms with Crippen LogP contribution < -0.4 is 0 Å². The largest absolute Gasteiger partial charge is 0.0735 e. The van der Waals surface area contributed by atoms with Crippen molar-refractivity contribution in [3.63, 3.8) is 0 Å². The van der Waals surface area contributed by atoms with Crippen molar-refractivity contribution in [1.29, 1.82) is 0 Å². The number of benzene rings is 1. The summed E-state index contributed by atoms with van der Waals surface area (Å²) in [6.07, 6.45) is 14.1. The first-order valence-corrected chi connectivity index (χ1v) is 6.43. The van der Waals surface area contributed by atoms with E-state index in [0.29, 0.717) is 0 Å². The van der Waals surface area contributed by atoms with Crippen LogP contribution in [0.5, 0.6) is 0 Å². The Balaban J connectivity index is 1.86. The van der Waals surface area contributed by atoms with Gasteiger partial charge >= 0.3 is 0 Å². The zero-order valence-electron chi connectivity index (χ0n) is 9.65. The smallest absolute Gasteiger partial charge is 0.0115 e. The van der Waals surface area contributed by atoms with Gasteiger partial charge in [-0.05, 0) is 35.5 Å². The average Bonchev–Trinajstić information content (AvgIpc) is 2.74. The zero-order valence-corrected chi connectivity index (χ0v) is 9.65. The molecule has 1 fully saturated rings. The van der Waals surface area contributed by atoms with Crippen LogP contribution in [-0.4, -0.2) is 0 Å². The summed E-state index contributed by atoms with van der Waals surface area (Å²) in [4.78, 5) is 0. The van der Waals surface area contributed by atoms with Crippen molar-refractivity contribution in [2.75, 3.05) is 0 Å². The van der Waals surface area contributed by atoms with Crippen LogP contribution in [0.25, 0.3) is 11.6 Å². The summed E-state index contributed by atoms with van der Waals surface area (Å²) in [5.74, 6) is 0.819. The van der Waals surface area contributed by atoms with E-state index in [4.69, 9.17) is 0 Å². The molecule has 2 aliphatic carbocycles. The Morgan fingerprint density at radius 2 is 1.75 bits per heavy atom. The number of hydrogen-bond acceptors (Lipinski definition) is 0. The third-order valence-corrected chi connectivity index (χ3v) is 3.78. The van der Waals surface area contributed by atoms with Gasteiger partial charge in [0, 0.05) is 0 Å². The molecule has 0 aromatic heterocycles. The van der Waals surface area contributed by atoms with Crippen molar-refractivity contribution in [2.24, 2.45) is 5.92 Å². The van der Waals surface area contributed by atoms with Crippen molar-refractivity contribution in [1.82, 2.24) is 0 Å². The summed E-state index contributed by atoms with van der Waals surface area (Å²) in [7, 11) is 0. The lowest BCUT2D eigenvalue weighted by molar-refractivity contribution is 0.420. The molecule has 0 N–H and O–H groups in total. The van der Waals surface area contributed by atoms with Gasteiger partial charge in [-0.3, -0.25) is 0 Å². The van der Waals surface area contributed by atoms with E-state index in [2.05, 4.69) is 42.5 Å². The normalized spacial score (nSPS) is 22.6. The number of fused-ring (bicyclic) bond motifs is 1. The third kappa shape index (κ3) is 1.84. The summed E-state index contributed by atoms with van der Waals surface area (Å²) < 4.78 is 0. The predicted molar refractivity (Wildman–Crippen MR) is 70.0 cm³/mol. The minimum absolute atomic E-state index is 0.819. The second kappa shape index (κ2) is 4.29. The van der Waals surface area contributed by atoms with Crippen molar-refractivity contribution < 1.29 is 0 Å². The van der Waals surface area contributed by atoms with Crippen LogP contribution in [0.1, 0.15) is 43.2 Å². The van der Waals surface area contributed by atoms with Gasteiger partial charge in [-0.1, -0.05) is 61.8 Å². The van der Waals surface area contributed by atoms with Gasteiger partial charge in [0.25, 0.3) is 0 Å². The first kappa shape index (κ1) is 9.89. The minimum Gasteiger partial charge on any atom is -0.0735 e. The van der Waals surface area contributed by atoms with E-state index in [9.17, 15) is 0 Å². The van der Waals surface area contributed by atoms with Gasteiger partial charge < -0.3 is 0 Å². The molecule has 0 saturated heterocycles. The molecular formula is C16H18. The van der Waals surface area contributed by atoms with Gasteiger partial charge in [-0.2, -0.15) is 0 Å². The fourth-order valence-electron chi connectivity index (χ4n) is 2.87. The zero-order chi connectivity index (χ0) is 10.8. The van der Waals surface area contributed by atoms with Crippen molar-refractivity contribution in [3.05, 3.63) is 47.5 Å². The molecule has 3 rings (SSSR count). The van der Waals surface area contributed by atoms with Gasteiger partial charge in [0.15, 0.2) is 0 Å². The summed E-state index contributed by atoms with van der Waals surface area (Å²) in [5.41, 5.74) is 4.25. The van der Waals surface area contributed by atoms with Crippen LogP contribution >= 0.6 is 0 Å². The molecule has 0 heterocycles. The molecule has 0 bridgehead atoms. The van der Waals surface area contributed by atoms with Gasteiger partial charge in [-0.15, -0.1) is 0 Å². The fourth-order valence-corrected chi connectivity index (χ4v) is 2.87. The monoisotopic (exact) mass is 210 g/mol. The highest BCUT2D eigenvalue weighted by molar-refractivity contribution is 5.89. The van der Waals surface area contributed by atoms with Crippen LogP contribution in [0.2, 0.25) is 0 Å². The Hall–Kier alpha value is -1.30. The number of hydrogen-bond donors (Lipinski definition) is 0. The molecule has 0 atom stereocenters. The van der Waals surface area contributed by atoms with Crippen LogP contribution in [0.4, 0.5) is 0 Å². The second-order valence-corrected chi connectivity index (χ2v) is 4.94. The molecule has 1 saturated carbocycles. The molecule has 0 spiro atoms. The molecule has 82 valence electrons. The Labute approximate surface area is 97.7 Å². The summed E-state index contributed by atoms with van der Waals surface area (Å²) in [5, 5.41) is 0. The second-order valence-electron chi connectivity index (χ2n) is 4.94. The highest BCUT2D eigenvalue weighted by atomic mass is 14.2. The Morgan fingerprint density at radius 3 is 2.62 bits per heavy atom. The first-order chi connectivity index (χ1) is 7.93. The summed E-state index contributed by atoms with van der Waals surface area (Å²) >= 11 is 0. The van der Waals surface area contributed by atoms with Crippen LogP contribution in [0.3, 0.4) is 0 Å². The summed E-state index contributed by atoms with van der Waals surface area (Å²) in [6, 6.07) is 8.70. The van der Waals surface area contributed by atoms with Crippen molar-refractivity contribution >= 4 is 11.6 Å². The molecule has 1 aromatic carbocycles. The highest BCUT2D eigenvalue weighted by Gasteiger charge is 2.14. The molecule has 1 aromatic rings. The molecule has 0 unspecified atom stereocenters. The van der Waals surface area contributed by atoms with E-state index in [0.717, 1.165) is 5.92 Å². The maximum absolute atomic E-state index is 2.50. The highest BCUT2D eigenvalue weighted by Crippen LogP contribution is 2.33. The van der Waals surface area contributed by atoms with Crippen LogP contribution in [0.15, 0.2) is 36.4 Å². The molecule has 0 heteroatoms. The van der Waals surface area contributed by atoms with E-state index < -0.39 is 0 Å². The van der Waals surface area contributed by atoms with Crippen molar-refractivity contribution in [3.8, 4) is 0 Å². The van der Waals surface area contributed by atoms with E-state index in [1.54, 1.807) is 0 Å². The van der Waals surface area contributed by atoms with E-state index in [1.807, 2.05) is 0 Å². The van der Waals surface area contributed by atoms with Gasteiger partial charge in [0.05, 0.1) is 0 Å². The van der Waals surface area contributed by atoms with Gasteiger partial charge in [0.2, 0.25) is 0 Å². The van der Waals surface area contributed by atoms with Gasteiger partial charge in [-0.25, -0.2) is 0 Å². The standard InChI is InChI=1S/C16H18/c1-2-6-13(7-3-1)12-15-11-10-14-8-4-5-9-16(14)15/h4-5,8-13H,1-3,6-7H2. The van der Waals surface area contributed by atoms with E-state index in [1.165, 1.54) is 48.8 Å². The quantitative estimate of drug-likeness (QED) is 0.631. The van der Waals surface area contributed by atoms with Crippen LogP contribution in [0, 0.1) is 5.92 Å². The topological polar surface area (TPSA) is 0 Å². The molecule has 2 aliphatic rings. The van der Waals surface area contributed by atoms with Crippen molar-refractivity contribution in [2.45, 2.75) is 32.1 Å². The van der Waals surface area contributed by atoms with E-state index in [-0.39, 0.29) is 0 Å². The third-order valence-electron chi connectivity index (χ3n) is 3.78. The Kier molecular flexibility index (Phi) is 2.65. The molecule has 0 radical (unpaired) electrons. The molecule has 0 amide bonds. The van der Waals surface area contributed by atoms with E-state index >= 15 is 0 Å². The minimum atomic E-state index is 0.819. The number of allylic oxidation sites excluding steroid dienone is 3. The molecule has 16 heavy (non-hydrogen) atoms. The predicted octanol–water partition coefficient (Wildman–Crippen LogP) is 4.68. The average molecular weight is 210 g/mol. The molecular weight excluding hydrogens is 192 g/mol. The van der Waals surface area contributed by atoms with Gasteiger partial charge in [0.1, 0.15) is 0 Å². The summed E-state index contributed by atoms with van der Waals surface area (Å²) in [6.45, 7) is 0. The maximum Gasteiger partial charge on any atom is -0.0115 e. The lowest BCUT2D eigenvalue weighted by Gasteiger charge is -2.18. The fraction of sp³-hybridized carbons (Fsp3) is 0.375. The maximum atomic E-state index is 2.50. The molecule has 0 aliphatic heterocycles. The first-order valence-electron chi connectivity index (χ1n) is 6.43. The van der Waals surface area contributed by atoms with Crippen LogP contribution in [-0.2, 0) is 0 Å². The SMILES string of the molecule is C1=Cc2ccccc2C1=CC1CCCCC1. The number of rotatable bonds is 1. The molecule has 0 nitrogen and oxygen atoms in total. The lowest BCUT2D eigenvalue weighted by Crippen LogP contribution is -2.03.